The summed E-state index contributed by atoms with van der Waals surface area (Å²) in [6.07, 6.45) is 0. The average Bonchev–Trinajstić information content (AvgIpc) is 2.90. The van der Waals surface area contributed by atoms with Crippen molar-refractivity contribution in [2.75, 3.05) is 17.5 Å². The molecule has 0 unspecified atom stereocenters. The number of hydrogen-bond acceptors (Lipinski definition) is 5. The molecule has 0 fully saturated rings. The lowest BCUT2D eigenvalue weighted by atomic mass is 10.1. The molecular weight excluding hydrogens is 662 g/mol. The van der Waals surface area contributed by atoms with Gasteiger partial charge in [-0.1, -0.05) is 44.0 Å². The van der Waals surface area contributed by atoms with Crippen LogP contribution in [0, 0.1) is 0 Å². The topological polar surface area (TPSA) is 96.0 Å². The van der Waals surface area contributed by atoms with Gasteiger partial charge in [0.25, 0.3) is 10.0 Å². The number of benzene rings is 3. The minimum absolute atomic E-state index is 0.0292. The number of hydrogen-bond donors (Lipinski definition) is 1. The number of nitrogens with one attached hydrogen (secondary N) is 1. The Labute approximate surface area is 253 Å². The van der Waals surface area contributed by atoms with Gasteiger partial charge in [0.05, 0.1) is 17.2 Å². The van der Waals surface area contributed by atoms with Gasteiger partial charge in [-0.05, 0) is 93.9 Å². The number of ether oxygens (including phenoxy) is 1. The Morgan fingerprint density at radius 2 is 1.57 bits per heavy atom. The zero-order chi connectivity index (χ0) is 29.4. The highest BCUT2D eigenvalue weighted by Gasteiger charge is 2.32. The summed E-state index contributed by atoms with van der Waals surface area (Å²) in [6, 6.07) is 19.1. The van der Waals surface area contributed by atoms with E-state index in [0.717, 1.165) is 18.8 Å². The van der Waals surface area contributed by atoms with Crippen molar-refractivity contribution in [3.05, 3.63) is 87.3 Å². The van der Waals surface area contributed by atoms with E-state index in [9.17, 15) is 18.0 Å². The third-order valence-corrected chi connectivity index (χ3v) is 8.77. The number of carbonyl (C=O) groups is 2. The van der Waals surface area contributed by atoms with Crippen LogP contribution in [0.25, 0.3) is 0 Å². The first-order chi connectivity index (χ1) is 18.9. The minimum Gasteiger partial charge on any atom is -0.494 e. The fourth-order valence-electron chi connectivity index (χ4n) is 3.96. The number of nitrogens with zero attached hydrogens (tertiary/aromatic N) is 2. The smallest absolute Gasteiger partial charge is 0.264 e. The van der Waals surface area contributed by atoms with Gasteiger partial charge < -0.3 is 15.0 Å². The van der Waals surface area contributed by atoms with E-state index in [1.54, 1.807) is 43.3 Å². The van der Waals surface area contributed by atoms with Crippen LogP contribution in [0.1, 0.15) is 33.3 Å². The van der Waals surface area contributed by atoms with Gasteiger partial charge in [0.2, 0.25) is 11.8 Å². The molecule has 1 atom stereocenters. The molecule has 214 valence electrons. The summed E-state index contributed by atoms with van der Waals surface area (Å²) in [4.78, 5) is 28.4. The van der Waals surface area contributed by atoms with Gasteiger partial charge in [0.1, 0.15) is 18.3 Å². The van der Waals surface area contributed by atoms with E-state index in [-0.39, 0.29) is 23.4 Å². The summed E-state index contributed by atoms with van der Waals surface area (Å²) in [5.74, 6) is -0.281. The number of halogens is 2. The second-order valence-electron chi connectivity index (χ2n) is 9.38. The first kappa shape index (κ1) is 31.6. The first-order valence-electron chi connectivity index (χ1n) is 12.8. The van der Waals surface area contributed by atoms with E-state index in [0.29, 0.717) is 18.0 Å². The Kier molecular flexibility index (Phi) is 11.2. The third kappa shape index (κ3) is 8.31. The first-order valence-corrected chi connectivity index (χ1v) is 15.8. The standard InChI is InChI=1S/C29H33Br2N3O5S/c1-5-39-26-13-11-25(12-14-26)34(40(37,38)27-15-9-23(30)10-16-27)19-28(35)33(21(4)29(36)32-20(2)3)18-22-7-6-8-24(31)17-22/h6-17,20-21H,5,18-19H2,1-4H3,(H,32,36)/t21-/m1/s1. The van der Waals surface area contributed by atoms with E-state index in [4.69, 9.17) is 4.74 Å². The van der Waals surface area contributed by atoms with Crippen LogP contribution in [-0.2, 0) is 26.2 Å². The van der Waals surface area contributed by atoms with E-state index >= 15 is 0 Å². The molecule has 3 aromatic carbocycles. The maximum absolute atomic E-state index is 13.9. The summed E-state index contributed by atoms with van der Waals surface area (Å²) < 4.78 is 35.9. The monoisotopic (exact) mass is 693 g/mol. The summed E-state index contributed by atoms with van der Waals surface area (Å²) in [6.45, 7) is 7.22. The lowest BCUT2D eigenvalue weighted by molar-refractivity contribution is -0.139. The molecule has 0 aliphatic rings. The Bertz CT molecular complexity index is 1410. The molecule has 0 aromatic heterocycles. The lowest BCUT2D eigenvalue weighted by Gasteiger charge is -2.32. The number of rotatable bonds is 12. The zero-order valence-electron chi connectivity index (χ0n) is 22.8. The van der Waals surface area contributed by atoms with E-state index < -0.39 is 28.5 Å². The van der Waals surface area contributed by atoms with Crippen molar-refractivity contribution in [2.24, 2.45) is 0 Å². The predicted octanol–water partition coefficient (Wildman–Crippen LogP) is 5.75. The molecule has 40 heavy (non-hydrogen) atoms. The largest absolute Gasteiger partial charge is 0.494 e. The molecule has 0 spiro atoms. The van der Waals surface area contributed by atoms with Crippen LogP contribution in [0.4, 0.5) is 5.69 Å². The number of carbonyl (C=O) groups excluding carboxylic acids is 2. The van der Waals surface area contributed by atoms with Crippen LogP contribution in [0.3, 0.4) is 0 Å². The number of amides is 2. The maximum Gasteiger partial charge on any atom is 0.264 e. The molecule has 0 aliphatic heterocycles. The minimum atomic E-state index is -4.15. The molecule has 0 aliphatic carbocycles. The highest BCUT2D eigenvalue weighted by atomic mass is 79.9. The molecule has 0 saturated heterocycles. The van der Waals surface area contributed by atoms with Crippen LogP contribution in [0.5, 0.6) is 5.75 Å². The Hall–Kier alpha value is -2.89. The Morgan fingerprint density at radius 3 is 2.15 bits per heavy atom. The second kappa shape index (κ2) is 14.1. The normalized spacial score (nSPS) is 12.1. The highest BCUT2D eigenvalue weighted by molar-refractivity contribution is 9.10. The number of sulfonamides is 1. The predicted molar refractivity (Wildman–Crippen MR) is 164 cm³/mol. The fraction of sp³-hybridized carbons (Fsp3) is 0.310. The molecule has 1 N–H and O–H groups in total. The van der Waals surface area contributed by atoms with Crippen LogP contribution in [0.2, 0.25) is 0 Å². The van der Waals surface area contributed by atoms with Crippen molar-refractivity contribution in [2.45, 2.75) is 51.2 Å². The van der Waals surface area contributed by atoms with Gasteiger partial charge in [-0.2, -0.15) is 0 Å². The van der Waals surface area contributed by atoms with E-state index in [2.05, 4.69) is 37.2 Å². The zero-order valence-corrected chi connectivity index (χ0v) is 26.8. The Morgan fingerprint density at radius 1 is 0.925 bits per heavy atom. The van der Waals surface area contributed by atoms with Gasteiger partial charge >= 0.3 is 0 Å². The maximum atomic E-state index is 13.9. The van der Waals surface area contributed by atoms with Crippen molar-refractivity contribution >= 4 is 59.4 Å². The molecule has 3 aromatic rings. The van der Waals surface area contributed by atoms with Crippen LogP contribution in [-0.4, -0.2) is 50.4 Å². The number of anilines is 1. The molecule has 0 saturated carbocycles. The molecule has 0 heterocycles. The van der Waals surface area contributed by atoms with Crippen molar-refractivity contribution in [3.63, 3.8) is 0 Å². The molecule has 0 bridgehead atoms. The lowest BCUT2D eigenvalue weighted by Crippen LogP contribution is -2.52. The summed E-state index contributed by atoms with van der Waals surface area (Å²) in [7, 11) is -4.15. The highest BCUT2D eigenvalue weighted by Crippen LogP contribution is 2.27. The van der Waals surface area contributed by atoms with Crippen LogP contribution < -0.4 is 14.4 Å². The van der Waals surface area contributed by atoms with E-state index in [1.807, 2.05) is 45.0 Å². The van der Waals surface area contributed by atoms with Crippen molar-refractivity contribution in [1.82, 2.24) is 10.2 Å². The summed E-state index contributed by atoms with van der Waals surface area (Å²) in [5, 5.41) is 2.85. The molecule has 11 heteroatoms. The van der Waals surface area contributed by atoms with Gasteiger partial charge in [0, 0.05) is 21.5 Å². The Balaban J connectivity index is 2.03. The van der Waals surface area contributed by atoms with Gasteiger partial charge in [-0.3, -0.25) is 13.9 Å². The molecule has 3 rings (SSSR count). The fourth-order valence-corrected chi connectivity index (χ4v) is 6.08. The van der Waals surface area contributed by atoms with Crippen molar-refractivity contribution in [3.8, 4) is 5.75 Å². The van der Waals surface area contributed by atoms with E-state index in [1.165, 1.54) is 17.0 Å². The third-order valence-electron chi connectivity index (χ3n) is 5.96. The van der Waals surface area contributed by atoms with Gasteiger partial charge in [-0.25, -0.2) is 8.42 Å². The summed E-state index contributed by atoms with van der Waals surface area (Å²) in [5.41, 5.74) is 1.08. The quantitative estimate of drug-likeness (QED) is 0.261. The van der Waals surface area contributed by atoms with Gasteiger partial charge in [-0.15, -0.1) is 0 Å². The second-order valence-corrected chi connectivity index (χ2v) is 13.1. The van der Waals surface area contributed by atoms with Crippen LogP contribution >= 0.6 is 31.9 Å². The molecule has 8 nitrogen and oxygen atoms in total. The SMILES string of the molecule is CCOc1ccc(N(CC(=O)N(Cc2cccc(Br)c2)[C@H](C)C(=O)NC(C)C)S(=O)(=O)c2ccc(Br)cc2)cc1. The average molecular weight is 695 g/mol. The molecular formula is C29H33Br2N3O5S. The van der Waals surface area contributed by atoms with Gasteiger partial charge in [0.15, 0.2) is 0 Å². The summed E-state index contributed by atoms with van der Waals surface area (Å²) >= 11 is 6.78. The molecule has 2 amide bonds. The molecule has 0 radical (unpaired) electrons. The van der Waals surface area contributed by atoms with Crippen LogP contribution in [0.15, 0.2) is 86.6 Å². The van der Waals surface area contributed by atoms with Crippen molar-refractivity contribution < 1.29 is 22.7 Å². The van der Waals surface area contributed by atoms with Crippen molar-refractivity contribution in [1.29, 1.82) is 0 Å².